The van der Waals surface area contributed by atoms with E-state index in [1.54, 1.807) is 0 Å². The number of hydrogen-bond donors (Lipinski definition) is 1. The lowest BCUT2D eigenvalue weighted by Crippen LogP contribution is -2.53. The Morgan fingerprint density at radius 3 is 2.80 bits per heavy atom. The molecule has 0 aliphatic carbocycles. The molecular formula is C11H22N2O2. The number of likely N-dealkylation sites (N-methyl/N-ethyl adjacent to an activating group) is 1. The topological polar surface area (TPSA) is 41.6 Å². The van der Waals surface area contributed by atoms with Crippen molar-refractivity contribution in [2.24, 2.45) is 0 Å². The van der Waals surface area contributed by atoms with E-state index in [9.17, 15) is 4.79 Å². The van der Waals surface area contributed by atoms with Crippen molar-refractivity contribution in [3.05, 3.63) is 0 Å². The van der Waals surface area contributed by atoms with Gasteiger partial charge in [-0.1, -0.05) is 6.92 Å². The lowest BCUT2D eigenvalue weighted by Gasteiger charge is -2.30. The monoisotopic (exact) mass is 214 g/mol. The SMILES string of the molecule is CCNC1(C(=O)OC)CCCN(C)CC1. The van der Waals surface area contributed by atoms with Crippen molar-refractivity contribution in [2.75, 3.05) is 33.8 Å². The van der Waals surface area contributed by atoms with Gasteiger partial charge in [0.1, 0.15) is 5.54 Å². The number of esters is 1. The van der Waals surface area contributed by atoms with Gasteiger partial charge in [-0.2, -0.15) is 0 Å². The fourth-order valence-electron chi connectivity index (χ4n) is 2.26. The summed E-state index contributed by atoms with van der Waals surface area (Å²) < 4.78 is 4.92. The normalized spacial score (nSPS) is 28.5. The van der Waals surface area contributed by atoms with E-state index in [0.717, 1.165) is 38.9 Å². The van der Waals surface area contributed by atoms with Gasteiger partial charge < -0.3 is 15.0 Å². The van der Waals surface area contributed by atoms with Gasteiger partial charge >= 0.3 is 5.97 Å². The van der Waals surface area contributed by atoms with Gasteiger partial charge in [0.05, 0.1) is 7.11 Å². The van der Waals surface area contributed by atoms with E-state index < -0.39 is 5.54 Å². The molecule has 1 saturated heterocycles. The first-order chi connectivity index (χ1) is 7.14. The van der Waals surface area contributed by atoms with Gasteiger partial charge in [-0.05, 0) is 39.4 Å². The standard InChI is InChI=1S/C11H22N2O2/c1-4-12-11(10(14)15-3)6-5-8-13(2)9-7-11/h12H,4-9H2,1-3H3. The second-order valence-electron chi connectivity index (χ2n) is 4.26. The number of carbonyl (C=O) groups excluding carboxylic acids is 1. The summed E-state index contributed by atoms with van der Waals surface area (Å²) >= 11 is 0. The van der Waals surface area contributed by atoms with E-state index in [-0.39, 0.29) is 5.97 Å². The highest BCUT2D eigenvalue weighted by molar-refractivity contribution is 5.80. The van der Waals surface area contributed by atoms with Crippen molar-refractivity contribution in [2.45, 2.75) is 31.7 Å². The summed E-state index contributed by atoms with van der Waals surface area (Å²) in [7, 11) is 3.56. The molecule has 0 aromatic rings. The van der Waals surface area contributed by atoms with Crippen molar-refractivity contribution in [3.63, 3.8) is 0 Å². The van der Waals surface area contributed by atoms with E-state index in [4.69, 9.17) is 4.74 Å². The second-order valence-corrected chi connectivity index (χ2v) is 4.26. The third kappa shape index (κ3) is 2.92. The van der Waals surface area contributed by atoms with Crippen molar-refractivity contribution >= 4 is 5.97 Å². The van der Waals surface area contributed by atoms with Crippen LogP contribution < -0.4 is 5.32 Å². The Hall–Kier alpha value is -0.610. The molecule has 1 aliphatic rings. The molecule has 4 nitrogen and oxygen atoms in total. The first-order valence-corrected chi connectivity index (χ1v) is 5.66. The highest BCUT2D eigenvalue weighted by atomic mass is 16.5. The molecule has 0 radical (unpaired) electrons. The predicted octanol–water partition coefficient (Wildman–Crippen LogP) is 0.623. The summed E-state index contributed by atoms with van der Waals surface area (Å²) in [4.78, 5) is 14.1. The fraction of sp³-hybridized carbons (Fsp3) is 0.909. The van der Waals surface area contributed by atoms with Gasteiger partial charge in [0.2, 0.25) is 0 Å². The fourth-order valence-corrected chi connectivity index (χ4v) is 2.26. The minimum absolute atomic E-state index is 0.111. The molecule has 1 N–H and O–H groups in total. The summed E-state index contributed by atoms with van der Waals surface area (Å²) in [5.74, 6) is -0.111. The molecule has 1 heterocycles. The van der Waals surface area contributed by atoms with Crippen LogP contribution in [0.4, 0.5) is 0 Å². The number of hydrogen-bond acceptors (Lipinski definition) is 4. The zero-order valence-electron chi connectivity index (χ0n) is 10.0. The van der Waals surface area contributed by atoms with E-state index in [0.29, 0.717) is 0 Å². The largest absolute Gasteiger partial charge is 0.468 e. The van der Waals surface area contributed by atoms with Gasteiger partial charge in [0, 0.05) is 6.54 Å². The molecule has 1 aliphatic heterocycles. The molecule has 88 valence electrons. The van der Waals surface area contributed by atoms with Crippen molar-refractivity contribution < 1.29 is 9.53 Å². The molecular weight excluding hydrogens is 192 g/mol. The van der Waals surface area contributed by atoms with E-state index in [1.165, 1.54) is 7.11 Å². The van der Waals surface area contributed by atoms with Crippen molar-refractivity contribution in [1.82, 2.24) is 10.2 Å². The minimum atomic E-state index is -0.450. The Morgan fingerprint density at radius 2 is 2.20 bits per heavy atom. The molecule has 1 rings (SSSR count). The van der Waals surface area contributed by atoms with Gasteiger partial charge in [-0.15, -0.1) is 0 Å². The molecule has 0 aromatic carbocycles. The van der Waals surface area contributed by atoms with Crippen LogP contribution in [0.1, 0.15) is 26.2 Å². The smallest absolute Gasteiger partial charge is 0.326 e. The third-order valence-electron chi connectivity index (χ3n) is 3.15. The number of rotatable bonds is 3. The molecule has 15 heavy (non-hydrogen) atoms. The van der Waals surface area contributed by atoms with Crippen LogP contribution in [-0.2, 0) is 9.53 Å². The van der Waals surface area contributed by atoms with E-state index >= 15 is 0 Å². The number of methoxy groups -OCH3 is 1. The first kappa shape index (κ1) is 12.5. The lowest BCUT2D eigenvalue weighted by molar-refractivity contribution is -0.149. The number of likely N-dealkylation sites (tertiary alicyclic amines) is 1. The second kappa shape index (κ2) is 5.47. The molecule has 0 amide bonds. The summed E-state index contributed by atoms with van der Waals surface area (Å²) in [6.07, 6.45) is 2.75. The molecule has 0 aromatic heterocycles. The molecule has 1 unspecified atom stereocenters. The summed E-state index contributed by atoms with van der Waals surface area (Å²) in [5.41, 5.74) is -0.450. The highest BCUT2D eigenvalue weighted by Crippen LogP contribution is 2.23. The third-order valence-corrected chi connectivity index (χ3v) is 3.15. The maximum atomic E-state index is 11.8. The Labute approximate surface area is 92.0 Å². The van der Waals surface area contributed by atoms with E-state index in [1.807, 2.05) is 6.92 Å². The zero-order valence-corrected chi connectivity index (χ0v) is 10.0. The number of carbonyl (C=O) groups is 1. The number of ether oxygens (including phenoxy) is 1. The van der Waals surface area contributed by atoms with Gasteiger partial charge in [0.25, 0.3) is 0 Å². The van der Waals surface area contributed by atoms with Crippen LogP contribution in [0.25, 0.3) is 0 Å². The maximum absolute atomic E-state index is 11.8. The zero-order chi connectivity index (χ0) is 11.3. The van der Waals surface area contributed by atoms with Crippen molar-refractivity contribution in [1.29, 1.82) is 0 Å². The van der Waals surface area contributed by atoms with Crippen LogP contribution >= 0.6 is 0 Å². The Morgan fingerprint density at radius 1 is 1.47 bits per heavy atom. The van der Waals surface area contributed by atoms with Crippen LogP contribution in [0.3, 0.4) is 0 Å². The van der Waals surface area contributed by atoms with Crippen LogP contribution in [0.5, 0.6) is 0 Å². The first-order valence-electron chi connectivity index (χ1n) is 5.66. The predicted molar refractivity (Wildman–Crippen MR) is 59.8 cm³/mol. The van der Waals surface area contributed by atoms with Gasteiger partial charge in [-0.25, -0.2) is 0 Å². The van der Waals surface area contributed by atoms with Crippen LogP contribution in [0.2, 0.25) is 0 Å². The molecule has 1 atom stereocenters. The minimum Gasteiger partial charge on any atom is -0.468 e. The summed E-state index contributed by atoms with van der Waals surface area (Å²) in [6, 6.07) is 0. The number of nitrogens with one attached hydrogen (secondary N) is 1. The molecule has 0 saturated carbocycles. The van der Waals surface area contributed by atoms with E-state index in [2.05, 4.69) is 17.3 Å². The average molecular weight is 214 g/mol. The maximum Gasteiger partial charge on any atom is 0.326 e. The molecule has 0 bridgehead atoms. The quantitative estimate of drug-likeness (QED) is 0.699. The summed E-state index contributed by atoms with van der Waals surface area (Å²) in [5, 5.41) is 3.31. The highest BCUT2D eigenvalue weighted by Gasteiger charge is 2.39. The molecule has 1 fully saturated rings. The van der Waals surface area contributed by atoms with Crippen molar-refractivity contribution in [3.8, 4) is 0 Å². The Kier molecular flexibility index (Phi) is 4.54. The Balaban J connectivity index is 2.74. The summed E-state index contributed by atoms with van der Waals surface area (Å²) in [6.45, 7) is 4.84. The van der Waals surface area contributed by atoms with Crippen LogP contribution in [0.15, 0.2) is 0 Å². The average Bonchev–Trinajstić information content (AvgIpc) is 2.42. The lowest BCUT2D eigenvalue weighted by atomic mass is 9.90. The molecule has 4 heteroatoms. The van der Waals surface area contributed by atoms with Gasteiger partial charge in [-0.3, -0.25) is 4.79 Å². The van der Waals surface area contributed by atoms with Gasteiger partial charge in [0.15, 0.2) is 0 Å². The molecule has 0 spiro atoms. The Bertz CT molecular complexity index is 221. The van der Waals surface area contributed by atoms with Crippen LogP contribution in [-0.4, -0.2) is 50.2 Å². The van der Waals surface area contributed by atoms with Crippen LogP contribution in [0, 0.1) is 0 Å². The number of nitrogens with zero attached hydrogens (tertiary/aromatic N) is 1.